The second-order valence-corrected chi connectivity index (χ2v) is 5.58. The molecule has 0 bridgehead atoms. The van der Waals surface area contributed by atoms with Crippen LogP contribution in [-0.2, 0) is 0 Å². The standard InChI is InChI=1S/C14H14OS/c15-14(10-5-1-2-6-10)13-9-11-7-3-4-8-12(11)16-13/h3-4,7-10H,1-2,5-6H2. The summed E-state index contributed by atoms with van der Waals surface area (Å²) in [6.45, 7) is 0. The zero-order valence-corrected chi connectivity index (χ0v) is 9.93. The molecule has 82 valence electrons. The number of hydrogen-bond donors (Lipinski definition) is 0. The average molecular weight is 230 g/mol. The molecule has 2 heteroatoms. The Morgan fingerprint density at radius 3 is 2.69 bits per heavy atom. The van der Waals surface area contributed by atoms with Gasteiger partial charge >= 0.3 is 0 Å². The molecule has 0 N–H and O–H groups in total. The predicted molar refractivity (Wildman–Crippen MR) is 68.1 cm³/mol. The number of carbonyl (C=O) groups is 1. The SMILES string of the molecule is O=C(c1cc2ccccc2s1)C1CCCC1. The van der Waals surface area contributed by atoms with Crippen molar-refractivity contribution in [3.8, 4) is 0 Å². The molecule has 1 fully saturated rings. The Balaban J connectivity index is 1.96. The van der Waals surface area contributed by atoms with E-state index in [1.807, 2.05) is 12.1 Å². The number of rotatable bonds is 2. The number of thiophene rings is 1. The maximum atomic E-state index is 12.2. The fourth-order valence-electron chi connectivity index (χ4n) is 2.49. The van der Waals surface area contributed by atoms with Gasteiger partial charge in [0.25, 0.3) is 0 Å². The normalized spacial score (nSPS) is 17.0. The third-order valence-corrected chi connectivity index (χ3v) is 4.52. The van der Waals surface area contributed by atoms with Gasteiger partial charge in [0, 0.05) is 10.6 Å². The fraction of sp³-hybridized carbons (Fsp3) is 0.357. The molecule has 0 radical (unpaired) electrons. The number of Topliss-reactive ketones (excluding diaryl/α,β-unsaturated/α-hetero) is 1. The van der Waals surface area contributed by atoms with E-state index < -0.39 is 0 Å². The molecular weight excluding hydrogens is 216 g/mol. The van der Waals surface area contributed by atoms with Crippen molar-refractivity contribution >= 4 is 27.2 Å². The highest BCUT2D eigenvalue weighted by Gasteiger charge is 2.24. The van der Waals surface area contributed by atoms with Gasteiger partial charge in [0.1, 0.15) is 0 Å². The van der Waals surface area contributed by atoms with Crippen molar-refractivity contribution in [2.75, 3.05) is 0 Å². The summed E-state index contributed by atoms with van der Waals surface area (Å²) in [6, 6.07) is 10.3. The molecule has 16 heavy (non-hydrogen) atoms. The Labute approximate surface area is 99.1 Å². The lowest BCUT2D eigenvalue weighted by molar-refractivity contribution is 0.0927. The maximum absolute atomic E-state index is 12.2. The third kappa shape index (κ3) is 1.67. The second-order valence-electron chi connectivity index (χ2n) is 4.49. The molecule has 0 unspecified atom stereocenters. The zero-order valence-electron chi connectivity index (χ0n) is 9.11. The van der Waals surface area contributed by atoms with E-state index in [4.69, 9.17) is 0 Å². The monoisotopic (exact) mass is 230 g/mol. The van der Waals surface area contributed by atoms with Gasteiger partial charge in [0.15, 0.2) is 5.78 Å². The van der Waals surface area contributed by atoms with Crippen molar-refractivity contribution in [2.45, 2.75) is 25.7 Å². The van der Waals surface area contributed by atoms with Crippen molar-refractivity contribution in [1.82, 2.24) is 0 Å². The lowest BCUT2D eigenvalue weighted by Gasteiger charge is -2.04. The van der Waals surface area contributed by atoms with Gasteiger partial charge in [-0.05, 0) is 30.4 Å². The highest BCUT2D eigenvalue weighted by atomic mass is 32.1. The van der Waals surface area contributed by atoms with Gasteiger partial charge in [0.05, 0.1) is 4.88 Å². The number of ketones is 1. The van der Waals surface area contributed by atoms with Crippen LogP contribution in [0.3, 0.4) is 0 Å². The van der Waals surface area contributed by atoms with E-state index >= 15 is 0 Å². The molecule has 0 spiro atoms. The smallest absolute Gasteiger partial charge is 0.175 e. The second kappa shape index (κ2) is 4.02. The van der Waals surface area contributed by atoms with Gasteiger partial charge in [0.2, 0.25) is 0 Å². The van der Waals surface area contributed by atoms with Crippen LogP contribution in [0.15, 0.2) is 30.3 Å². The lowest BCUT2D eigenvalue weighted by Crippen LogP contribution is -2.08. The molecule has 0 saturated heterocycles. The summed E-state index contributed by atoms with van der Waals surface area (Å²) in [7, 11) is 0. The Morgan fingerprint density at radius 1 is 1.19 bits per heavy atom. The molecule has 0 aliphatic heterocycles. The fourth-order valence-corrected chi connectivity index (χ4v) is 3.57. The molecule has 1 aromatic heterocycles. The van der Waals surface area contributed by atoms with Crippen LogP contribution in [0, 0.1) is 5.92 Å². The quantitative estimate of drug-likeness (QED) is 0.704. The highest BCUT2D eigenvalue weighted by molar-refractivity contribution is 7.20. The molecule has 1 aromatic carbocycles. The molecule has 1 aliphatic carbocycles. The van der Waals surface area contributed by atoms with Crippen LogP contribution in [0.2, 0.25) is 0 Å². The van der Waals surface area contributed by atoms with Crippen LogP contribution in [-0.4, -0.2) is 5.78 Å². The van der Waals surface area contributed by atoms with Gasteiger partial charge in [-0.25, -0.2) is 0 Å². The lowest BCUT2D eigenvalue weighted by atomic mass is 10.0. The van der Waals surface area contributed by atoms with Crippen molar-refractivity contribution in [3.63, 3.8) is 0 Å². The van der Waals surface area contributed by atoms with Crippen molar-refractivity contribution in [2.24, 2.45) is 5.92 Å². The predicted octanol–water partition coefficient (Wildman–Crippen LogP) is 4.27. The molecule has 1 nitrogen and oxygen atoms in total. The van der Waals surface area contributed by atoms with E-state index in [-0.39, 0.29) is 0 Å². The summed E-state index contributed by atoms with van der Waals surface area (Å²) < 4.78 is 1.23. The Kier molecular flexibility index (Phi) is 2.52. The zero-order chi connectivity index (χ0) is 11.0. The molecule has 1 aliphatic rings. The van der Waals surface area contributed by atoms with Crippen molar-refractivity contribution < 1.29 is 4.79 Å². The molecule has 1 heterocycles. The molecule has 2 aromatic rings. The van der Waals surface area contributed by atoms with E-state index in [9.17, 15) is 4.79 Å². The summed E-state index contributed by atoms with van der Waals surface area (Å²) in [5.74, 6) is 0.673. The van der Waals surface area contributed by atoms with Crippen LogP contribution in [0.1, 0.15) is 35.4 Å². The van der Waals surface area contributed by atoms with Crippen LogP contribution < -0.4 is 0 Å². The molecule has 1 saturated carbocycles. The van der Waals surface area contributed by atoms with Gasteiger partial charge in [-0.3, -0.25) is 4.79 Å². The third-order valence-electron chi connectivity index (χ3n) is 3.39. The van der Waals surface area contributed by atoms with Gasteiger partial charge in [-0.2, -0.15) is 0 Å². The molecule has 0 atom stereocenters. The first-order valence-corrected chi connectivity index (χ1v) is 6.69. The topological polar surface area (TPSA) is 17.1 Å². The average Bonchev–Trinajstić information content (AvgIpc) is 2.97. The first-order valence-electron chi connectivity index (χ1n) is 5.87. The summed E-state index contributed by atoms with van der Waals surface area (Å²) in [4.78, 5) is 13.2. The number of carbonyl (C=O) groups excluding carboxylic acids is 1. The number of fused-ring (bicyclic) bond motifs is 1. The summed E-state index contributed by atoms with van der Waals surface area (Å²) >= 11 is 1.64. The van der Waals surface area contributed by atoms with Crippen LogP contribution in [0.5, 0.6) is 0 Å². The Morgan fingerprint density at radius 2 is 1.94 bits per heavy atom. The van der Waals surface area contributed by atoms with E-state index in [0.717, 1.165) is 17.7 Å². The summed E-state index contributed by atoms with van der Waals surface area (Å²) in [6.07, 6.45) is 4.63. The van der Waals surface area contributed by atoms with Crippen molar-refractivity contribution in [3.05, 3.63) is 35.2 Å². The van der Waals surface area contributed by atoms with Crippen molar-refractivity contribution in [1.29, 1.82) is 0 Å². The minimum atomic E-state index is 0.299. The van der Waals surface area contributed by atoms with E-state index in [2.05, 4.69) is 18.2 Å². The Bertz CT molecular complexity index is 487. The summed E-state index contributed by atoms with van der Waals surface area (Å²) in [5.41, 5.74) is 0. The van der Waals surface area contributed by atoms with Crippen LogP contribution in [0.4, 0.5) is 0 Å². The highest BCUT2D eigenvalue weighted by Crippen LogP contribution is 2.32. The molecule has 0 amide bonds. The van der Waals surface area contributed by atoms with Crippen LogP contribution >= 0.6 is 11.3 Å². The minimum Gasteiger partial charge on any atom is -0.293 e. The first-order chi connectivity index (χ1) is 7.84. The van der Waals surface area contributed by atoms with Gasteiger partial charge in [-0.1, -0.05) is 31.0 Å². The van der Waals surface area contributed by atoms with Gasteiger partial charge < -0.3 is 0 Å². The van der Waals surface area contributed by atoms with Crippen LogP contribution in [0.25, 0.3) is 10.1 Å². The largest absolute Gasteiger partial charge is 0.293 e. The van der Waals surface area contributed by atoms with E-state index in [0.29, 0.717) is 11.7 Å². The molecular formula is C14H14OS. The minimum absolute atomic E-state index is 0.299. The Hall–Kier alpha value is -1.15. The van der Waals surface area contributed by atoms with E-state index in [1.165, 1.54) is 22.9 Å². The summed E-state index contributed by atoms with van der Waals surface area (Å²) in [5, 5.41) is 1.20. The van der Waals surface area contributed by atoms with Gasteiger partial charge in [-0.15, -0.1) is 11.3 Å². The number of benzene rings is 1. The van der Waals surface area contributed by atoms with E-state index in [1.54, 1.807) is 11.3 Å². The number of hydrogen-bond acceptors (Lipinski definition) is 2. The maximum Gasteiger partial charge on any atom is 0.175 e. The first kappa shape index (κ1) is 10.0. The molecule has 3 rings (SSSR count).